The van der Waals surface area contributed by atoms with Gasteiger partial charge in [-0.3, -0.25) is 0 Å². The van der Waals surface area contributed by atoms with E-state index in [4.69, 9.17) is 0 Å². The minimum absolute atomic E-state index is 0.976. The zero-order valence-corrected chi connectivity index (χ0v) is 8.68. The summed E-state index contributed by atoms with van der Waals surface area (Å²) in [6.45, 7) is 0. The van der Waals surface area contributed by atoms with Crippen LogP contribution in [0.4, 0.5) is 5.69 Å². The summed E-state index contributed by atoms with van der Waals surface area (Å²) in [5, 5.41) is 5.94. The van der Waals surface area contributed by atoms with Crippen LogP contribution in [0, 0.1) is 0 Å². The lowest BCUT2D eigenvalue weighted by Gasteiger charge is -2.08. The largest absolute Gasteiger partial charge is 0.170 e. The molecule has 0 atom stereocenters. The summed E-state index contributed by atoms with van der Waals surface area (Å²) in [5.74, 6) is 0. The fourth-order valence-corrected chi connectivity index (χ4v) is 1.88. The van der Waals surface area contributed by atoms with E-state index >= 15 is 0 Å². The molecule has 0 saturated heterocycles. The lowest BCUT2D eigenvalue weighted by Crippen LogP contribution is -2.15. The van der Waals surface area contributed by atoms with Gasteiger partial charge in [-0.05, 0) is 23.2 Å². The number of hydrogen-bond acceptors (Lipinski definition) is 4. The van der Waals surface area contributed by atoms with Gasteiger partial charge >= 0.3 is 0 Å². The second-order valence-corrected chi connectivity index (χ2v) is 4.15. The Morgan fingerprint density at radius 3 is 2.69 bits per heavy atom. The smallest absolute Gasteiger partial charge is 0.165 e. The maximum Gasteiger partial charge on any atom is 0.170 e. The van der Waals surface area contributed by atoms with Crippen molar-refractivity contribution >= 4 is 33.8 Å². The van der Waals surface area contributed by atoms with Crippen LogP contribution in [0.5, 0.6) is 0 Å². The summed E-state index contributed by atoms with van der Waals surface area (Å²) < 4.78 is 0.976. The number of thioether (sulfide) groups is 1. The number of anilines is 1. The van der Waals surface area contributed by atoms with E-state index in [0.717, 1.165) is 10.1 Å². The molecule has 0 aliphatic carbocycles. The first-order valence-corrected chi connectivity index (χ1v) is 5.76. The van der Waals surface area contributed by atoms with Crippen LogP contribution in [0.3, 0.4) is 0 Å². The molecule has 5 heteroatoms. The van der Waals surface area contributed by atoms with E-state index in [1.807, 2.05) is 36.6 Å². The molecule has 1 aromatic rings. The predicted octanol–water partition coefficient (Wildman–Crippen LogP) is 2.31. The molecule has 1 aliphatic rings. The van der Waals surface area contributed by atoms with Gasteiger partial charge in [0, 0.05) is 11.9 Å². The molecular weight excluding hydrogens is 202 g/mol. The highest BCUT2D eigenvalue weighted by atomic mass is 32.2. The SMILES string of the molecule is CSC1=NN(c2ccccc2)[N]S1. The molecule has 0 aromatic heterocycles. The molecule has 13 heavy (non-hydrogen) atoms. The van der Waals surface area contributed by atoms with Crippen molar-refractivity contribution in [1.29, 1.82) is 0 Å². The third-order valence-corrected chi connectivity index (χ3v) is 3.16. The molecule has 0 N–H and O–H groups in total. The van der Waals surface area contributed by atoms with Crippen LogP contribution in [0.15, 0.2) is 35.4 Å². The highest BCUT2D eigenvalue weighted by Crippen LogP contribution is 2.25. The second kappa shape index (κ2) is 4.04. The van der Waals surface area contributed by atoms with Gasteiger partial charge in [0.1, 0.15) is 0 Å². The molecule has 0 fully saturated rings. The van der Waals surface area contributed by atoms with Gasteiger partial charge in [-0.1, -0.05) is 30.0 Å². The lowest BCUT2D eigenvalue weighted by atomic mass is 10.3. The number of benzene rings is 1. The number of para-hydroxylation sites is 1. The molecule has 3 nitrogen and oxygen atoms in total. The standard InChI is InChI=1S/C8H8N3S2/c1-12-8-9-11(10-13-8)7-5-3-2-4-6-7/h2-6H,1H3. The Morgan fingerprint density at radius 1 is 1.31 bits per heavy atom. The van der Waals surface area contributed by atoms with Crippen molar-refractivity contribution in [2.75, 3.05) is 11.4 Å². The molecule has 0 saturated carbocycles. The van der Waals surface area contributed by atoms with Crippen LogP contribution in [0.2, 0.25) is 0 Å². The number of nitrogens with zero attached hydrogens (tertiary/aromatic N) is 3. The van der Waals surface area contributed by atoms with Crippen LogP contribution in [-0.2, 0) is 0 Å². The quantitative estimate of drug-likeness (QED) is 0.666. The third-order valence-electron chi connectivity index (χ3n) is 1.53. The minimum Gasteiger partial charge on any atom is -0.165 e. The molecule has 0 bridgehead atoms. The van der Waals surface area contributed by atoms with Crippen molar-refractivity contribution in [3.63, 3.8) is 0 Å². The monoisotopic (exact) mass is 210 g/mol. The molecule has 1 aliphatic heterocycles. The van der Waals surface area contributed by atoms with E-state index in [9.17, 15) is 0 Å². The Kier molecular flexibility index (Phi) is 2.77. The minimum atomic E-state index is 0.976. The van der Waals surface area contributed by atoms with Crippen LogP contribution in [0.25, 0.3) is 0 Å². The van der Waals surface area contributed by atoms with Crippen LogP contribution in [-0.4, -0.2) is 10.6 Å². The fraction of sp³-hybridized carbons (Fsp3) is 0.125. The van der Waals surface area contributed by atoms with E-state index in [-0.39, 0.29) is 0 Å². The first-order chi connectivity index (χ1) is 6.40. The fourth-order valence-electron chi connectivity index (χ4n) is 0.932. The van der Waals surface area contributed by atoms with Crippen molar-refractivity contribution in [2.24, 2.45) is 5.10 Å². The van der Waals surface area contributed by atoms with Gasteiger partial charge in [-0.2, -0.15) is 5.12 Å². The summed E-state index contributed by atoms with van der Waals surface area (Å²) in [7, 11) is 0. The maximum atomic E-state index is 4.29. The van der Waals surface area contributed by atoms with E-state index in [2.05, 4.69) is 9.93 Å². The second-order valence-electron chi connectivity index (χ2n) is 2.37. The number of rotatable bonds is 1. The molecule has 1 heterocycles. The molecular formula is C8H8N3S2. The highest BCUT2D eigenvalue weighted by Gasteiger charge is 2.16. The van der Waals surface area contributed by atoms with Crippen molar-refractivity contribution in [3.05, 3.63) is 30.3 Å². The van der Waals surface area contributed by atoms with Gasteiger partial charge in [-0.25, -0.2) is 0 Å². The molecule has 0 unspecified atom stereocenters. The number of hydrogen-bond donors (Lipinski definition) is 0. The van der Waals surface area contributed by atoms with Crippen LogP contribution < -0.4 is 9.95 Å². The van der Waals surface area contributed by atoms with Crippen molar-refractivity contribution in [2.45, 2.75) is 0 Å². The summed E-state index contributed by atoms with van der Waals surface area (Å²) in [5.41, 5.74) is 0.999. The van der Waals surface area contributed by atoms with E-state index in [0.29, 0.717) is 0 Å². The Bertz CT molecular complexity index is 312. The maximum absolute atomic E-state index is 4.29. The van der Waals surface area contributed by atoms with E-state index in [1.54, 1.807) is 16.9 Å². The summed E-state index contributed by atoms with van der Waals surface area (Å²) in [4.78, 5) is 4.18. The Hall–Kier alpha value is -0.650. The highest BCUT2D eigenvalue weighted by molar-refractivity contribution is 8.38. The first kappa shape index (κ1) is 8.93. The molecule has 1 aromatic carbocycles. The Balaban J connectivity index is 2.16. The Labute approximate surface area is 85.7 Å². The summed E-state index contributed by atoms with van der Waals surface area (Å²) >= 11 is 3.02. The summed E-state index contributed by atoms with van der Waals surface area (Å²) in [6, 6.07) is 9.89. The average molecular weight is 210 g/mol. The van der Waals surface area contributed by atoms with Gasteiger partial charge in [-0.15, -0.1) is 5.10 Å². The van der Waals surface area contributed by atoms with Gasteiger partial charge in [0.05, 0.1) is 5.69 Å². The van der Waals surface area contributed by atoms with E-state index in [1.165, 1.54) is 11.9 Å². The summed E-state index contributed by atoms with van der Waals surface area (Å²) in [6.07, 6.45) is 2.00. The molecule has 0 amide bonds. The van der Waals surface area contributed by atoms with Crippen LogP contribution in [0.1, 0.15) is 0 Å². The van der Waals surface area contributed by atoms with E-state index < -0.39 is 0 Å². The molecule has 1 radical (unpaired) electrons. The first-order valence-electron chi connectivity index (χ1n) is 3.76. The third kappa shape index (κ3) is 1.99. The normalized spacial score (nSPS) is 16.1. The lowest BCUT2D eigenvalue weighted by molar-refractivity contribution is 0.868. The predicted molar refractivity (Wildman–Crippen MR) is 59.6 cm³/mol. The molecule has 2 rings (SSSR count). The van der Waals surface area contributed by atoms with Crippen LogP contribution >= 0.6 is 23.7 Å². The van der Waals surface area contributed by atoms with Gasteiger partial charge < -0.3 is 0 Å². The van der Waals surface area contributed by atoms with Crippen molar-refractivity contribution in [3.8, 4) is 0 Å². The zero-order valence-electron chi connectivity index (χ0n) is 7.04. The topological polar surface area (TPSA) is 29.7 Å². The number of hydrazone groups is 1. The van der Waals surface area contributed by atoms with Gasteiger partial charge in [0.25, 0.3) is 0 Å². The van der Waals surface area contributed by atoms with Gasteiger partial charge in [0.15, 0.2) is 4.38 Å². The van der Waals surface area contributed by atoms with Gasteiger partial charge in [0.2, 0.25) is 0 Å². The van der Waals surface area contributed by atoms with Crippen molar-refractivity contribution < 1.29 is 0 Å². The Morgan fingerprint density at radius 2 is 2.08 bits per heavy atom. The molecule has 0 spiro atoms. The average Bonchev–Trinajstić information content (AvgIpc) is 2.67. The zero-order chi connectivity index (χ0) is 9.10. The van der Waals surface area contributed by atoms with Crippen molar-refractivity contribution in [1.82, 2.24) is 4.83 Å². The molecule has 67 valence electrons.